The van der Waals surface area contributed by atoms with Gasteiger partial charge in [0.2, 0.25) is 0 Å². The number of anilines is 1. The highest BCUT2D eigenvalue weighted by Crippen LogP contribution is 2.34. The van der Waals surface area contributed by atoms with Gasteiger partial charge in [-0.2, -0.15) is 0 Å². The molecule has 1 saturated heterocycles. The summed E-state index contributed by atoms with van der Waals surface area (Å²) < 4.78 is 24.8. The van der Waals surface area contributed by atoms with Crippen LogP contribution in [0.2, 0.25) is 0 Å². The van der Waals surface area contributed by atoms with Gasteiger partial charge in [0.25, 0.3) is 0 Å². The number of hydrogen-bond donors (Lipinski definition) is 1. The number of aryl methyl sites for hydroxylation is 1. The summed E-state index contributed by atoms with van der Waals surface area (Å²) in [4.78, 5) is 13.9. The predicted octanol–water partition coefficient (Wildman–Crippen LogP) is 1.93. The first-order valence-electron chi connectivity index (χ1n) is 8.21. The molecule has 0 spiro atoms. The fourth-order valence-electron chi connectivity index (χ4n) is 2.59. The van der Waals surface area contributed by atoms with E-state index in [1.165, 1.54) is 4.90 Å². The molecule has 1 N–H and O–H groups in total. The topological polar surface area (TPSA) is 97.2 Å². The van der Waals surface area contributed by atoms with Crippen molar-refractivity contribution in [1.29, 1.82) is 0 Å². The lowest BCUT2D eigenvalue weighted by Crippen LogP contribution is -2.45. The Labute approximate surface area is 156 Å². The smallest absolute Gasteiger partial charge is 0.321 e. The third-order valence-electron chi connectivity index (χ3n) is 4.19. The lowest BCUT2D eigenvalue weighted by Gasteiger charge is -2.27. The molecule has 0 bridgehead atoms. The standard InChI is InChI=1S/C16H21N5O3S2/c1-12(25-16-19-17-11-20(16)2)13-4-3-5-14(10-13)18-15(22)21-6-8-26(23,24)9-7-21/h3-5,10-12H,6-9H2,1-2H3,(H,18,22). The van der Waals surface area contributed by atoms with Gasteiger partial charge in [-0.1, -0.05) is 23.9 Å². The largest absolute Gasteiger partial charge is 0.322 e. The third kappa shape index (κ3) is 4.55. The molecule has 0 aliphatic carbocycles. The Balaban J connectivity index is 1.63. The van der Waals surface area contributed by atoms with Crippen LogP contribution >= 0.6 is 11.8 Å². The Morgan fingerprint density at radius 2 is 2.04 bits per heavy atom. The second-order valence-electron chi connectivity index (χ2n) is 6.18. The van der Waals surface area contributed by atoms with E-state index in [9.17, 15) is 13.2 Å². The van der Waals surface area contributed by atoms with Crippen molar-refractivity contribution in [3.05, 3.63) is 36.2 Å². The molecule has 0 saturated carbocycles. The van der Waals surface area contributed by atoms with Crippen LogP contribution in [0.1, 0.15) is 17.7 Å². The monoisotopic (exact) mass is 395 g/mol. The Kier molecular flexibility index (Phi) is 5.52. The van der Waals surface area contributed by atoms with Gasteiger partial charge in [0.05, 0.1) is 11.5 Å². The lowest BCUT2D eigenvalue weighted by atomic mass is 10.1. The zero-order chi connectivity index (χ0) is 18.7. The zero-order valence-corrected chi connectivity index (χ0v) is 16.3. The second-order valence-corrected chi connectivity index (χ2v) is 9.79. The fraction of sp³-hybridized carbons (Fsp3) is 0.438. The van der Waals surface area contributed by atoms with Crippen LogP contribution in [-0.2, 0) is 16.9 Å². The molecule has 2 heterocycles. The minimum absolute atomic E-state index is 0.0197. The number of amides is 2. The third-order valence-corrected chi connectivity index (χ3v) is 7.01. The zero-order valence-electron chi connectivity index (χ0n) is 14.6. The molecule has 1 aliphatic heterocycles. The van der Waals surface area contributed by atoms with E-state index in [0.29, 0.717) is 5.69 Å². The summed E-state index contributed by atoms with van der Waals surface area (Å²) in [6.45, 7) is 2.52. The number of carbonyl (C=O) groups is 1. The van der Waals surface area contributed by atoms with Gasteiger partial charge in [-0.3, -0.25) is 0 Å². The molecule has 1 aliphatic rings. The van der Waals surface area contributed by atoms with Gasteiger partial charge in [0.15, 0.2) is 15.0 Å². The Hall–Kier alpha value is -2.07. The maximum atomic E-state index is 12.4. The summed E-state index contributed by atoms with van der Waals surface area (Å²) in [6, 6.07) is 7.36. The molecule has 3 rings (SSSR count). The molecule has 140 valence electrons. The second kappa shape index (κ2) is 7.67. The number of hydrogen-bond acceptors (Lipinski definition) is 6. The highest BCUT2D eigenvalue weighted by Gasteiger charge is 2.25. The van der Waals surface area contributed by atoms with Crippen molar-refractivity contribution >= 4 is 33.3 Å². The van der Waals surface area contributed by atoms with E-state index in [4.69, 9.17) is 0 Å². The van der Waals surface area contributed by atoms with Crippen molar-refractivity contribution in [3.8, 4) is 0 Å². The summed E-state index contributed by atoms with van der Waals surface area (Å²) in [5.41, 5.74) is 1.74. The van der Waals surface area contributed by atoms with E-state index in [-0.39, 0.29) is 35.9 Å². The van der Waals surface area contributed by atoms with Crippen LogP contribution in [0.5, 0.6) is 0 Å². The van der Waals surface area contributed by atoms with Crippen molar-refractivity contribution in [2.45, 2.75) is 17.3 Å². The van der Waals surface area contributed by atoms with E-state index >= 15 is 0 Å². The quantitative estimate of drug-likeness (QED) is 0.795. The molecule has 8 nitrogen and oxygen atoms in total. The summed E-state index contributed by atoms with van der Waals surface area (Å²) in [5, 5.41) is 11.8. The first-order valence-corrected chi connectivity index (χ1v) is 10.9. The van der Waals surface area contributed by atoms with Gasteiger partial charge in [0, 0.05) is 31.1 Å². The Morgan fingerprint density at radius 1 is 1.31 bits per heavy atom. The van der Waals surface area contributed by atoms with Crippen LogP contribution in [0.25, 0.3) is 0 Å². The van der Waals surface area contributed by atoms with Crippen LogP contribution < -0.4 is 5.32 Å². The summed E-state index contributed by atoms with van der Waals surface area (Å²) in [5.74, 6) is 0.0394. The maximum absolute atomic E-state index is 12.4. The Morgan fingerprint density at radius 3 is 2.69 bits per heavy atom. The summed E-state index contributed by atoms with van der Waals surface area (Å²) >= 11 is 1.58. The van der Waals surface area contributed by atoms with Gasteiger partial charge in [0.1, 0.15) is 6.33 Å². The lowest BCUT2D eigenvalue weighted by molar-refractivity contribution is 0.216. The van der Waals surface area contributed by atoms with Gasteiger partial charge in [-0.25, -0.2) is 13.2 Å². The van der Waals surface area contributed by atoms with Gasteiger partial charge < -0.3 is 14.8 Å². The van der Waals surface area contributed by atoms with Crippen LogP contribution in [0.4, 0.5) is 10.5 Å². The molecule has 1 aromatic heterocycles. The van der Waals surface area contributed by atoms with E-state index < -0.39 is 9.84 Å². The number of urea groups is 1. The number of thioether (sulfide) groups is 1. The van der Waals surface area contributed by atoms with E-state index in [1.54, 1.807) is 18.1 Å². The fourth-order valence-corrected chi connectivity index (χ4v) is 4.70. The van der Waals surface area contributed by atoms with Gasteiger partial charge in [-0.05, 0) is 24.6 Å². The molecule has 26 heavy (non-hydrogen) atoms. The van der Waals surface area contributed by atoms with E-state index in [1.807, 2.05) is 35.9 Å². The van der Waals surface area contributed by atoms with Crippen molar-refractivity contribution in [3.63, 3.8) is 0 Å². The molecular formula is C16H21N5O3S2. The molecule has 2 aromatic rings. The number of sulfone groups is 1. The number of rotatable bonds is 4. The molecule has 0 radical (unpaired) electrons. The SMILES string of the molecule is CC(Sc1nncn1C)c1cccc(NC(=O)N2CCS(=O)(=O)CC2)c1. The highest BCUT2D eigenvalue weighted by molar-refractivity contribution is 7.99. The number of benzene rings is 1. The normalized spacial score (nSPS) is 17.7. The van der Waals surface area contributed by atoms with Crippen LogP contribution in [-0.4, -0.2) is 58.7 Å². The van der Waals surface area contributed by atoms with Crippen molar-refractivity contribution in [2.75, 3.05) is 29.9 Å². The van der Waals surface area contributed by atoms with Crippen LogP contribution in [0.15, 0.2) is 35.7 Å². The molecule has 2 amide bonds. The first kappa shape index (κ1) is 18.7. The summed E-state index contributed by atoms with van der Waals surface area (Å²) in [6.07, 6.45) is 1.66. The summed E-state index contributed by atoms with van der Waals surface area (Å²) in [7, 11) is -1.11. The molecule has 1 unspecified atom stereocenters. The first-order chi connectivity index (χ1) is 12.3. The van der Waals surface area contributed by atoms with Crippen LogP contribution in [0.3, 0.4) is 0 Å². The molecular weight excluding hydrogens is 374 g/mol. The van der Waals surface area contributed by atoms with Crippen molar-refractivity contribution < 1.29 is 13.2 Å². The molecule has 1 fully saturated rings. The minimum Gasteiger partial charge on any atom is -0.322 e. The van der Waals surface area contributed by atoms with Gasteiger partial charge in [-0.15, -0.1) is 10.2 Å². The Bertz CT molecular complexity index is 883. The number of aromatic nitrogens is 3. The minimum atomic E-state index is -3.01. The van der Waals surface area contributed by atoms with E-state index in [0.717, 1.165) is 10.7 Å². The number of carbonyl (C=O) groups excluding carboxylic acids is 1. The molecule has 1 aromatic carbocycles. The van der Waals surface area contributed by atoms with E-state index in [2.05, 4.69) is 22.4 Å². The average molecular weight is 396 g/mol. The number of nitrogens with one attached hydrogen (secondary N) is 1. The van der Waals surface area contributed by atoms with Crippen molar-refractivity contribution in [1.82, 2.24) is 19.7 Å². The predicted molar refractivity (Wildman–Crippen MR) is 101 cm³/mol. The average Bonchev–Trinajstić information content (AvgIpc) is 3.00. The van der Waals surface area contributed by atoms with Crippen molar-refractivity contribution in [2.24, 2.45) is 7.05 Å². The number of nitrogens with zero attached hydrogens (tertiary/aromatic N) is 4. The van der Waals surface area contributed by atoms with Gasteiger partial charge >= 0.3 is 6.03 Å². The van der Waals surface area contributed by atoms with Crippen LogP contribution in [0, 0.1) is 0 Å². The molecule has 10 heteroatoms. The maximum Gasteiger partial charge on any atom is 0.321 e. The molecule has 1 atom stereocenters. The highest BCUT2D eigenvalue weighted by atomic mass is 32.2.